The number of ether oxygens (including phenoxy) is 2. The second-order valence-electron chi connectivity index (χ2n) is 2.86. The maximum atomic E-state index is 5.30. The van der Waals surface area contributed by atoms with E-state index >= 15 is 0 Å². The molecule has 3 nitrogen and oxygen atoms in total. The van der Waals surface area contributed by atoms with E-state index in [0.29, 0.717) is 6.61 Å². The minimum Gasteiger partial charge on any atom is -0.422 e. The third-order valence-electron chi connectivity index (χ3n) is 2.02. The van der Waals surface area contributed by atoms with Crippen LogP contribution in [0.3, 0.4) is 0 Å². The van der Waals surface area contributed by atoms with Gasteiger partial charge in [0.15, 0.2) is 5.79 Å². The van der Waals surface area contributed by atoms with Crippen molar-refractivity contribution in [2.24, 2.45) is 0 Å². The fourth-order valence-electron chi connectivity index (χ4n) is 1.14. The first-order valence-electron chi connectivity index (χ1n) is 4.34. The maximum Gasteiger partial charge on any atom is 0.189 e. The monoisotopic (exact) mass is 192 g/mol. The summed E-state index contributed by atoms with van der Waals surface area (Å²) >= 11 is 0. The SMILES string of the molecule is CCCCC(CO[SiH3])(OC)OC. The van der Waals surface area contributed by atoms with Crippen molar-refractivity contribution in [1.29, 1.82) is 0 Å². The zero-order valence-corrected chi connectivity index (χ0v) is 10.6. The molecule has 74 valence electrons. The molecule has 0 unspecified atom stereocenters. The second-order valence-corrected chi connectivity index (χ2v) is 3.43. The van der Waals surface area contributed by atoms with Gasteiger partial charge in [-0.25, -0.2) is 0 Å². The van der Waals surface area contributed by atoms with Gasteiger partial charge >= 0.3 is 0 Å². The highest BCUT2D eigenvalue weighted by atomic mass is 28.2. The Balaban J connectivity index is 3.95. The predicted octanol–water partition coefficient (Wildman–Crippen LogP) is 0.463. The molecule has 12 heavy (non-hydrogen) atoms. The lowest BCUT2D eigenvalue weighted by molar-refractivity contribution is -0.226. The Morgan fingerprint density at radius 2 is 1.83 bits per heavy atom. The summed E-state index contributed by atoms with van der Waals surface area (Å²) in [5.41, 5.74) is 0. The Hall–Kier alpha value is 0.0969. The van der Waals surface area contributed by atoms with Crippen molar-refractivity contribution in [1.82, 2.24) is 0 Å². The Morgan fingerprint density at radius 1 is 1.25 bits per heavy atom. The van der Waals surface area contributed by atoms with E-state index in [1.165, 1.54) is 0 Å². The highest BCUT2D eigenvalue weighted by Gasteiger charge is 2.28. The van der Waals surface area contributed by atoms with Crippen LogP contribution >= 0.6 is 0 Å². The van der Waals surface area contributed by atoms with Gasteiger partial charge in [-0.1, -0.05) is 13.3 Å². The first kappa shape index (κ1) is 12.1. The van der Waals surface area contributed by atoms with Gasteiger partial charge in [-0.3, -0.25) is 0 Å². The summed E-state index contributed by atoms with van der Waals surface area (Å²) in [6.45, 7) is 2.70. The van der Waals surface area contributed by atoms with Crippen molar-refractivity contribution in [3.05, 3.63) is 0 Å². The van der Waals surface area contributed by atoms with Crippen molar-refractivity contribution < 1.29 is 13.9 Å². The topological polar surface area (TPSA) is 27.7 Å². The van der Waals surface area contributed by atoms with Gasteiger partial charge < -0.3 is 13.9 Å². The van der Waals surface area contributed by atoms with Crippen LogP contribution in [0.1, 0.15) is 26.2 Å². The summed E-state index contributed by atoms with van der Waals surface area (Å²) in [5, 5.41) is 0. The van der Waals surface area contributed by atoms with E-state index < -0.39 is 5.79 Å². The molecular weight excluding hydrogens is 172 g/mol. The Labute approximate surface area is 77.9 Å². The number of methoxy groups -OCH3 is 2. The molecule has 0 aromatic carbocycles. The smallest absolute Gasteiger partial charge is 0.189 e. The molecule has 0 spiro atoms. The molecule has 0 rings (SSSR count). The molecule has 0 radical (unpaired) electrons. The molecular formula is C8H20O3Si. The van der Waals surface area contributed by atoms with E-state index in [9.17, 15) is 0 Å². The number of hydrogen-bond donors (Lipinski definition) is 0. The standard InChI is InChI=1S/C8H20O3Si/c1-4-5-6-8(9-2,10-3)7-11-12/h4-7H2,1-3,12H3. The van der Waals surface area contributed by atoms with E-state index in [-0.39, 0.29) is 0 Å². The van der Waals surface area contributed by atoms with Gasteiger partial charge in [0.25, 0.3) is 0 Å². The Bertz CT molecular complexity index is 104. The molecule has 4 heteroatoms. The second kappa shape index (κ2) is 6.60. The van der Waals surface area contributed by atoms with Crippen LogP contribution in [0.2, 0.25) is 0 Å². The van der Waals surface area contributed by atoms with Crippen molar-refractivity contribution in [3.63, 3.8) is 0 Å². The average molecular weight is 192 g/mol. The van der Waals surface area contributed by atoms with Crippen LogP contribution in [0.5, 0.6) is 0 Å². The summed E-state index contributed by atoms with van der Waals surface area (Å²) in [5.74, 6) is -0.502. The molecule has 0 aliphatic heterocycles. The van der Waals surface area contributed by atoms with Crippen molar-refractivity contribution in [3.8, 4) is 0 Å². The quantitative estimate of drug-likeness (QED) is 0.433. The molecule has 0 amide bonds. The minimum absolute atomic E-state index is 0.502. The lowest BCUT2D eigenvalue weighted by atomic mass is 10.1. The first-order valence-corrected chi connectivity index (χ1v) is 5.15. The van der Waals surface area contributed by atoms with Gasteiger partial charge in [0, 0.05) is 20.6 Å². The fraction of sp³-hybridized carbons (Fsp3) is 1.00. The molecule has 0 heterocycles. The van der Waals surface area contributed by atoms with Gasteiger partial charge in [-0.05, 0) is 6.42 Å². The third-order valence-corrected chi connectivity index (χ3v) is 2.31. The fourth-order valence-corrected chi connectivity index (χ4v) is 1.58. The molecule has 0 bridgehead atoms. The summed E-state index contributed by atoms with van der Waals surface area (Å²) in [6.07, 6.45) is 3.15. The van der Waals surface area contributed by atoms with Crippen LogP contribution in [0.4, 0.5) is 0 Å². The van der Waals surface area contributed by atoms with Gasteiger partial charge in [0.2, 0.25) is 0 Å². The molecule has 0 aromatic heterocycles. The molecule has 0 saturated carbocycles. The van der Waals surface area contributed by atoms with E-state index in [0.717, 1.165) is 29.7 Å². The van der Waals surface area contributed by atoms with E-state index in [4.69, 9.17) is 13.9 Å². The van der Waals surface area contributed by atoms with Crippen LogP contribution in [0.25, 0.3) is 0 Å². The highest BCUT2D eigenvalue weighted by molar-refractivity contribution is 5.97. The van der Waals surface area contributed by atoms with Gasteiger partial charge in [0.05, 0.1) is 6.61 Å². The van der Waals surface area contributed by atoms with Crippen LogP contribution in [0, 0.1) is 0 Å². The van der Waals surface area contributed by atoms with Gasteiger partial charge in [-0.2, -0.15) is 0 Å². The number of unbranched alkanes of at least 4 members (excludes halogenated alkanes) is 1. The molecule has 0 fully saturated rings. The van der Waals surface area contributed by atoms with Crippen molar-refractivity contribution in [2.75, 3.05) is 20.8 Å². The summed E-state index contributed by atoms with van der Waals surface area (Å²) < 4.78 is 15.8. The number of rotatable bonds is 7. The molecule has 0 saturated heterocycles. The van der Waals surface area contributed by atoms with Gasteiger partial charge in [-0.15, -0.1) is 0 Å². The van der Waals surface area contributed by atoms with Crippen LogP contribution in [-0.4, -0.2) is 37.1 Å². The minimum atomic E-state index is -0.502. The van der Waals surface area contributed by atoms with Crippen LogP contribution in [-0.2, 0) is 13.9 Å². The summed E-state index contributed by atoms with van der Waals surface area (Å²) in [4.78, 5) is 0. The Kier molecular flexibility index (Phi) is 6.65. The largest absolute Gasteiger partial charge is 0.422 e. The summed E-state index contributed by atoms with van der Waals surface area (Å²) in [7, 11) is 4.06. The van der Waals surface area contributed by atoms with Crippen LogP contribution < -0.4 is 0 Å². The zero-order valence-electron chi connectivity index (χ0n) is 8.55. The maximum absolute atomic E-state index is 5.30. The number of hydrogen-bond acceptors (Lipinski definition) is 3. The summed E-state index contributed by atoms with van der Waals surface area (Å²) in [6, 6.07) is 0. The zero-order chi connectivity index (χ0) is 9.45. The van der Waals surface area contributed by atoms with Crippen LogP contribution in [0.15, 0.2) is 0 Å². The molecule has 0 aromatic rings. The lowest BCUT2D eigenvalue weighted by Gasteiger charge is -2.30. The molecule has 0 N–H and O–H groups in total. The lowest BCUT2D eigenvalue weighted by Crippen LogP contribution is -2.38. The molecule has 0 atom stereocenters. The predicted molar refractivity (Wildman–Crippen MR) is 52.2 cm³/mol. The average Bonchev–Trinajstić information content (AvgIpc) is 2.13. The molecule has 0 aliphatic carbocycles. The normalized spacial score (nSPS) is 12.2. The van der Waals surface area contributed by atoms with E-state index in [1.54, 1.807) is 14.2 Å². The van der Waals surface area contributed by atoms with Crippen molar-refractivity contribution in [2.45, 2.75) is 32.0 Å². The Morgan fingerprint density at radius 3 is 2.17 bits per heavy atom. The highest BCUT2D eigenvalue weighted by Crippen LogP contribution is 2.19. The molecule has 0 aliphatic rings. The van der Waals surface area contributed by atoms with Gasteiger partial charge in [0.1, 0.15) is 10.5 Å². The third kappa shape index (κ3) is 3.67. The van der Waals surface area contributed by atoms with E-state index in [1.807, 2.05) is 0 Å². The first-order chi connectivity index (χ1) is 5.74. The van der Waals surface area contributed by atoms with Crippen molar-refractivity contribution >= 4 is 10.5 Å². The van der Waals surface area contributed by atoms with E-state index in [2.05, 4.69) is 6.92 Å².